The Balaban J connectivity index is 2.56. The van der Waals surface area contributed by atoms with Crippen LogP contribution in [0.15, 0.2) is 12.2 Å². The van der Waals surface area contributed by atoms with E-state index < -0.39 is 0 Å². The van der Waals surface area contributed by atoms with Gasteiger partial charge in [0.2, 0.25) is 0 Å². The Labute approximate surface area is 86.8 Å². The topological polar surface area (TPSA) is 29.1 Å². The van der Waals surface area contributed by atoms with E-state index in [4.69, 9.17) is 0 Å². The van der Waals surface area contributed by atoms with E-state index in [9.17, 15) is 4.79 Å². The molecule has 1 aliphatic heterocycles. The first kappa shape index (κ1) is 11.4. The van der Waals surface area contributed by atoms with Gasteiger partial charge in [0.1, 0.15) is 5.78 Å². The monoisotopic (exact) mass is 195 g/mol. The first-order valence-corrected chi connectivity index (χ1v) is 5.32. The predicted molar refractivity (Wildman–Crippen MR) is 59.2 cm³/mol. The van der Waals surface area contributed by atoms with Crippen LogP contribution in [0.5, 0.6) is 0 Å². The van der Waals surface area contributed by atoms with Crippen LogP contribution in [0.3, 0.4) is 0 Å². The highest BCUT2D eigenvalue weighted by atomic mass is 16.1. The lowest BCUT2D eigenvalue weighted by Gasteiger charge is -2.35. The third-order valence-electron chi connectivity index (χ3n) is 2.63. The van der Waals surface area contributed by atoms with Crippen molar-refractivity contribution in [3.05, 3.63) is 12.2 Å². The molecule has 2 atom stereocenters. The van der Waals surface area contributed by atoms with Gasteiger partial charge in [0.05, 0.1) is 0 Å². The quantitative estimate of drug-likeness (QED) is 0.685. The summed E-state index contributed by atoms with van der Waals surface area (Å²) in [6.07, 6.45) is 6.04. The van der Waals surface area contributed by atoms with Crippen molar-refractivity contribution in [1.82, 2.24) is 5.32 Å². The Hall–Kier alpha value is -0.630. The molecule has 0 fully saturated rings. The Morgan fingerprint density at radius 1 is 1.50 bits per heavy atom. The van der Waals surface area contributed by atoms with Crippen LogP contribution in [0, 0.1) is 5.41 Å². The molecule has 0 saturated heterocycles. The molecule has 0 radical (unpaired) electrons. The second kappa shape index (κ2) is 4.26. The number of carbonyl (C=O) groups is 1. The van der Waals surface area contributed by atoms with Crippen molar-refractivity contribution in [2.24, 2.45) is 5.41 Å². The summed E-state index contributed by atoms with van der Waals surface area (Å²) in [5.41, 5.74) is 0.228. The first-order chi connectivity index (χ1) is 6.39. The molecule has 0 aliphatic carbocycles. The number of rotatable bonds is 2. The minimum Gasteiger partial charge on any atom is -0.307 e. The van der Waals surface area contributed by atoms with Gasteiger partial charge in [-0.1, -0.05) is 32.9 Å². The van der Waals surface area contributed by atoms with Gasteiger partial charge in [0, 0.05) is 18.5 Å². The molecule has 80 valence electrons. The summed E-state index contributed by atoms with van der Waals surface area (Å²) in [5, 5.41) is 3.52. The molecule has 2 heteroatoms. The maximum atomic E-state index is 11.0. The molecular weight excluding hydrogens is 174 g/mol. The lowest BCUT2D eigenvalue weighted by Crippen LogP contribution is -2.47. The average molecular weight is 195 g/mol. The van der Waals surface area contributed by atoms with Crippen molar-refractivity contribution in [2.45, 2.75) is 52.6 Å². The molecule has 1 N–H and O–H groups in total. The van der Waals surface area contributed by atoms with Gasteiger partial charge < -0.3 is 5.32 Å². The van der Waals surface area contributed by atoms with E-state index in [-0.39, 0.29) is 11.2 Å². The fourth-order valence-corrected chi connectivity index (χ4v) is 1.78. The molecule has 0 aromatic rings. The fraction of sp³-hybridized carbons (Fsp3) is 0.750. The van der Waals surface area contributed by atoms with Crippen molar-refractivity contribution < 1.29 is 4.79 Å². The van der Waals surface area contributed by atoms with Crippen LogP contribution in [0.2, 0.25) is 0 Å². The largest absolute Gasteiger partial charge is 0.307 e. The lowest BCUT2D eigenvalue weighted by molar-refractivity contribution is -0.117. The SMILES string of the molecule is CC(=O)CC1CC=CC(C(C)(C)C)N1. The van der Waals surface area contributed by atoms with Crippen molar-refractivity contribution in [3.63, 3.8) is 0 Å². The minimum atomic E-state index is 0.228. The maximum Gasteiger partial charge on any atom is 0.131 e. The maximum absolute atomic E-state index is 11.0. The van der Waals surface area contributed by atoms with Crippen molar-refractivity contribution in [3.8, 4) is 0 Å². The molecule has 0 spiro atoms. The molecule has 0 bridgehead atoms. The lowest BCUT2D eigenvalue weighted by atomic mass is 9.83. The summed E-state index contributed by atoms with van der Waals surface area (Å²) < 4.78 is 0. The van der Waals surface area contributed by atoms with E-state index in [0.717, 1.165) is 6.42 Å². The zero-order chi connectivity index (χ0) is 10.8. The van der Waals surface area contributed by atoms with Gasteiger partial charge in [-0.3, -0.25) is 4.79 Å². The van der Waals surface area contributed by atoms with E-state index in [1.54, 1.807) is 6.92 Å². The van der Waals surface area contributed by atoms with Crippen LogP contribution >= 0.6 is 0 Å². The molecule has 1 aliphatic rings. The Bertz CT molecular complexity index is 237. The van der Waals surface area contributed by atoms with Gasteiger partial charge in [-0.2, -0.15) is 0 Å². The summed E-state index contributed by atoms with van der Waals surface area (Å²) in [6, 6.07) is 0.724. The van der Waals surface area contributed by atoms with Crippen LogP contribution in [0.1, 0.15) is 40.5 Å². The number of nitrogens with one attached hydrogen (secondary N) is 1. The number of carbonyl (C=O) groups excluding carboxylic acids is 1. The molecule has 0 aromatic carbocycles. The Kier molecular flexibility index (Phi) is 3.48. The van der Waals surface area contributed by atoms with E-state index in [0.29, 0.717) is 18.5 Å². The van der Waals surface area contributed by atoms with Crippen molar-refractivity contribution in [2.75, 3.05) is 0 Å². The number of hydrogen-bond acceptors (Lipinski definition) is 2. The average Bonchev–Trinajstić information content (AvgIpc) is 2.01. The predicted octanol–water partition coefficient (Wildman–Crippen LogP) is 2.30. The summed E-state index contributed by atoms with van der Waals surface area (Å²) >= 11 is 0. The molecule has 2 unspecified atom stereocenters. The van der Waals surface area contributed by atoms with Gasteiger partial charge in [-0.25, -0.2) is 0 Å². The summed E-state index contributed by atoms with van der Waals surface area (Å²) in [5.74, 6) is 0.269. The second-order valence-electron chi connectivity index (χ2n) is 5.28. The standard InChI is InChI=1S/C12H21NO/c1-9(14)8-10-6-5-7-11(13-10)12(2,3)4/h5,7,10-11,13H,6,8H2,1-4H3. The first-order valence-electron chi connectivity index (χ1n) is 5.32. The fourth-order valence-electron chi connectivity index (χ4n) is 1.78. The number of Topliss-reactive ketones (excluding diaryl/α,β-unsaturated/α-hetero) is 1. The molecule has 1 heterocycles. The highest BCUT2D eigenvalue weighted by molar-refractivity contribution is 5.76. The van der Waals surface area contributed by atoms with E-state index >= 15 is 0 Å². The highest BCUT2D eigenvalue weighted by Crippen LogP contribution is 2.24. The zero-order valence-electron chi connectivity index (χ0n) is 9.63. The molecule has 0 aromatic heterocycles. The molecule has 0 amide bonds. The van der Waals surface area contributed by atoms with Crippen LogP contribution in [0.25, 0.3) is 0 Å². The third-order valence-corrected chi connectivity index (χ3v) is 2.63. The summed E-state index contributed by atoms with van der Waals surface area (Å²) in [7, 11) is 0. The molecular formula is C12H21NO. The van der Waals surface area contributed by atoms with Crippen LogP contribution in [-0.2, 0) is 4.79 Å². The van der Waals surface area contributed by atoms with E-state index in [1.807, 2.05) is 0 Å². The van der Waals surface area contributed by atoms with E-state index in [2.05, 4.69) is 38.2 Å². The second-order valence-corrected chi connectivity index (χ2v) is 5.28. The minimum absolute atomic E-state index is 0.228. The smallest absolute Gasteiger partial charge is 0.131 e. The van der Waals surface area contributed by atoms with Gasteiger partial charge >= 0.3 is 0 Å². The van der Waals surface area contributed by atoms with Gasteiger partial charge in [-0.15, -0.1) is 0 Å². The highest BCUT2D eigenvalue weighted by Gasteiger charge is 2.27. The normalized spacial score (nSPS) is 27.7. The van der Waals surface area contributed by atoms with Crippen LogP contribution in [0.4, 0.5) is 0 Å². The van der Waals surface area contributed by atoms with Crippen LogP contribution < -0.4 is 5.32 Å². The Morgan fingerprint density at radius 2 is 2.14 bits per heavy atom. The Morgan fingerprint density at radius 3 is 2.64 bits per heavy atom. The van der Waals surface area contributed by atoms with Gasteiger partial charge in [-0.05, 0) is 18.8 Å². The van der Waals surface area contributed by atoms with Gasteiger partial charge in [0.25, 0.3) is 0 Å². The summed E-state index contributed by atoms with van der Waals surface area (Å²) in [4.78, 5) is 11.0. The molecule has 1 rings (SSSR count). The third kappa shape index (κ3) is 3.26. The van der Waals surface area contributed by atoms with Crippen molar-refractivity contribution >= 4 is 5.78 Å². The zero-order valence-corrected chi connectivity index (χ0v) is 9.63. The van der Waals surface area contributed by atoms with E-state index in [1.165, 1.54) is 0 Å². The van der Waals surface area contributed by atoms with Crippen LogP contribution in [-0.4, -0.2) is 17.9 Å². The molecule has 14 heavy (non-hydrogen) atoms. The summed E-state index contributed by atoms with van der Waals surface area (Å²) in [6.45, 7) is 8.30. The number of hydrogen-bond donors (Lipinski definition) is 1. The molecule has 2 nitrogen and oxygen atoms in total. The van der Waals surface area contributed by atoms with Crippen molar-refractivity contribution in [1.29, 1.82) is 0 Å². The number of ketones is 1. The molecule has 0 saturated carbocycles. The van der Waals surface area contributed by atoms with Gasteiger partial charge in [0.15, 0.2) is 0 Å².